The van der Waals surface area contributed by atoms with Gasteiger partial charge in [-0.1, -0.05) is 24.6 Å². The molecule has 0 radical (unpaired) electrons. The maximum atomic E-state index is 11.1. The van der Waals surface area contributed by atoms with Gasteiger partial charge in [0.25, 0.3) is 0 Å². The van der Waals surface area contributed by atoms with Crippen LogP contribution in [0.4, 0.5) is 0 Å². The molecule has 0 spiro atoms. The van der Waals surface area contributed by atoms with Crippen molar-refractivity contribution in [2.45, 2.75) is 45.2 Å². The zero-order valence-electron chi connectivity index (χ0n) is 12.4. The van der Waals surface area contributed by atoms with E-state index in [1.165, 1.54) is 22.2 Å². The number of aromatic amines is 1. The van der Waals surface area contributed by atoms with Crippen LogP contribution in [0.2, 0.25) is 0 Å². The second-order valence-corrected chi connectivity index (χ2v) is 6.05. The van der Waals surface area contributed by atoms with E-state index in [9.17, 15) is 4.79 Å². The van der Waals surface area contributed by atoms with Crippen LogP contribution < -0.4 is 5.32 Å². The number of fused-ring (bicyclic) bond motifs is 1. The Hall–Kier alpha value is -1.81. The lowest BCUT2D eigenvalue weighted by Crippen LogP contribution is -2.36. The number of nitrogens with one attached hydrogen (secondary N) is 2. The Balaban J connectivity index is 1.69. The number of benzene rings is 1. The molecule has 1 heterocycles. The van der Waals surface area contributed by atoms with Gasteiger partial charge in [-0.05, 0) is 37.8 Å². The van der Waals surface area contributed by atoms with Gasteiger partial charge in [0.05, 0.1) is 5.92 Å². The van der Waals surface area contributed by atoms with Crippen LogP contribution in [0.25, 0.3) is 10.9 Å². The second kappa shape index (κ2) is 5.90. The van der Waals surface area contributed by atoms with E-state index in [0.29, 0.717) is 6.04 Å². The number of carboxylic acid groups (broad SMARTS) is 1. The van der Waals surface area contributed by atoms with E-state index in [-0.39, 0.29) is 5.92 Å². The molecule has 112 valence electrons. The number of aliphatic carboxylic acids is 1. The van der Waals surface area contributed by atoms with Crippen LogP contribution in [0.3, 0.4) is 0 Å². The van der Waals surface area contributed by atoms with Crippen LogP contribution >= 0.6 is 0 Å². The van der Waals surface area contributed by atoms with E-state index in [1.54, 1.807) is 0 Å². The molecule has 1 aliphatic carbocycles. The molecule has 0 amide bonds. The molecule has 3 rings (SSSR count). The van der Waals surface area contributed by atoms with Crippen LogP contribution in [-0.2, 0) is 11.3 Å². The minimum absolute atomic E-state index is 0.180. The summed E-state index contributed by atoms with van der Waals surface area (Å²) in [5.74, 6) is -0.829. The molecule has 0 saturated heterocycles. The highest BCUT2D eigenvalue weighted by Gasteiger charge is 2.26. The SMILES string of the molecule is Cc1[nH]c2ccccc2c1CNC1CCCC(C(=O)O)C1. The summed E-state index contributed by atoms with van der Waals surface area (Å²) in [5.41, 5.74) is 3.65. The largest absolute Gasteiger partial charge is 0.481 e. The lowest BCUT2D eigenvalue weighted by Gasteiger charge is -2.27. The van der Waals surface area contributed by atoms with Crippen LogP contribution in [0, 0.1) is 12.8 Å². The number of hydrogen-bond acceptors (Lipinski definition) is 2. The molecule has 1 aromatic heterocycles. The molecule has 4 nitrogen and oxygen atoms in total. The summed E-state index contributed by atoms with van der Waals surface area (Å²) in [5, 5.41) is 14.0. The van der Waals surface area contributed by atoms with Gasteiger partial charge in [0.1, 0.15) is 0 Å². The maximum Gasteiger partial charge on any atom is 0.306 e. The molecule has 4 heteroatoms. The molecule has 3 N–H and O–H groups in total. The van der Waals surface area contributed by atoms with Crippen molar-refractivity contribution < 1.29 is 9.90 Å². The van der Waals surface area contributed by atoms with Crippen molar-refractivity contribution in [1.82, 2.24) is 10.3 Å². The molecule has 2 atom stereocenters. The summed E-state index contributed by atoms with van der Waals surface area (Å²) in [6, 6.07) is 8.63. The van der Waals surface area contributed by atoms with E-state index in [0.717, 1.165) is 32.2 Å². The fraction of sp³-hybridized carbons (Fsp3) is 0.471. The Kier molecular flexibility index (Phi) is 3.97. The van der Waals surface area contributed by atoms with Crippen LogP contribution in [0.1, 0.15) is 36.9 Å². The number of rotatable bonds is 4. The molecule has 21 heavy (non-hydrogen) atoms. The van der Waals surface area contributed by atoms with Gasteiger partial charge in [-0.3, -0.25) is 4.79 Å². The van der Waals surface area contributed by atoms with Gasteiger partial charge in [-0.2, -0.15) is 0 Å². The van der Waals surface area contributed by atoms with Crippen molar-refractivity contribution in [2.24, 2.45) is 5.92 Å². The third-order valence-corrected chi connectivity index (χ3v) is 4.62. The molecule has 2 unspecified atom stereocenters. The molecule has 1 aromatic carbocycles. The smallest absolute Gasteiger partial charge is 0.306 e. The number of H-pyrrole nitrogens is 1. The predicted molar refractivity (Wildman–Crippen MR) is 83.3 cm³/mol. The molecule has 1 saturated carbocycles. The van der Waals surface area contributed by atoms with Crippen molar-refractivity contribution in [1.29, 1.82) is 0 Å². The summed E-state index contributed by atoms with van der Waals surface area (Å²) < 4.78 is 0. The van der Waals surface area contributed by atoms with E-state index < -0.39 is 5.97 Å². The van der Waals surface area contributed by atoms with Crippen molar-refractivity contribution in [3.8, 4) is 0 Å². The fourth-order valence-electron chi connectivity index (χ4n) is 3.41. The zero-order chi connectivity index (χ0) is 14.8. The third kappa shape index (κ3) is 2.95. The average molecular weight is 286 g/mol. The standard InChI is InChI=1S/C17H22N2O2/c1-11-15(14-7-2-3-8-16(14)19-11)10-18-13-6-4-5-12(9-13)17(20)21/h2-3,7-8,12-13,18-19H,4-6,9-10H2,1H3,(H,20,21). The first-order chi connectivity index (χ1) is 10.1. The molecular formula is C17H22N2O2. The Morgan fingerprint density at radius 1 is 1.38 bits per heavy atom. The summed E-state index contributed by atoms with van der Waals surface area (Å²) >= 11 is 0. The third-order valence-electron chi connectivity index (χ3n) is 4.62. The number of carbonyl (C=O) groups is 1. The zero-order valence-corrected chi connectivity index (χ0v) is 12.4. The highest BCUT2D eigenvalue weighted by molar-refractivity contribution is 5.84. The van der Waals surface area contributed by atoms with Crippen LogP contribution in [-0.4, -0.2) is 22.1 Å². The lowest BCUT2D eigenvalue weighted by atomic mass is 9.85. The summed E-state index contributed by atoms with van der Waals surface area (Å²) in [4.78, 5) is 14.5. The highest BCUT2D eigenvalue weighted by atomic mass is 16.4. The van der Waals surface area contributed by atoms with E-state index in [4.69, 9.17) is 5.11 Å². The van der Waals surface area contributed by atoms with Gasteiger partial charge in [-0.15, -0.1) is 0 Å². The number of para-hydroxylation sites is 1. The first-order valence-corrected chi connectivity index (χ1v) is 7.67. The van der Waals surface area contributed by atoms with Crippen molar-refractivity contribution >= 4 is 16.9 Å². The average Bonchev–Trinajstić information content (AvgIpc) is 2.81. The van der Waals surface area contributed by atoms with Gasteiger partial charge in [0.15, 0.2) is 0 Å². The first kappa shape index (κ1) is 14.1. The Labute approximate surface area is 124 Å². The minimum Gasteiger partial charge on any atom is -0.481 e. The van der Waals surface area contributed by atoms with Crippen LogP contribution in [0.5, 0.6) is 0 Å². The van der Waals surface area contributed by atoms with Crippen molar-refractivity contribution in [3.63, 3.8) is 0 Å². The summed E-state index contributed by atoms with van der Waals surface area (Å²) in [6.45, 7) is 2.89. The quantitative estimate of drug-likeness (QED) is 0.808. The summed E-state index contributed by atoms with van der Waals surface area (Å²) in [6.07, 6.45) is 3.64. The van der Waals surface area contributed by atoms with Gasteiger partial charge in [-0.25, -0.2) is 0 Å². The monoisotopic (exact) mass is 286 g/mol. The van der Waals surface area contributed by atoms with E-state index in [1.807, 2.05) is 6.07 Å². The van der Waals surface area contributed by atoms with E-state index in [2.05, 4.69) is 35.4 Å². The Morgan fingerprint density at radius 3 is 3.00 bits per heavy atom. The Bertz CT molecular complexity index is 647. The Morgan fingerprint density at radius 2 is 2.19 bits per heavy atom. The summed E-state index contributed by atoms with van der Waals surface area (Å²) in [7, 11) is 0. The second-order valence-electron chi connectivity index (χ2n) is 6.05. The van der Waals surface area contributed by atoms with Gasteiger partial charge in [0, 0.05) is 29.2 Å². The fourth-order valence-corrected chi connectivity index (χ4v) is 3.41. The number of aryl methyl sites for hydroxylation is 1. The molecule has 0 aliphatic heterocycles. The van der Waals surface area contributed by atoms with Gasteiger partial charge < -0.3 is 15.4 Å². The van der Waals surface area contributed by atoms with Crippen molar-refractivity contribution in [3.05, 3.63) is 35.5 Å². The lowest BCUT2D eigenvalue weighted by molar-refractivity contribution is -0.143. The molecule has 2 aromatic rings. The van der Waals surface area contributed by atoms with Crippen molar-refractivity contribution in [2.75, 3.05) is 0 Å². The maximum absolute atomic E-state index is 11.1. The highest BCUT2D eigenvalue weighted by Crippen LogP contribution is 2.26. The van der Waals surface area contributed by atoms with Crippen LogP contribution in [0.15, 0.2) is 24.3 Å². The molecular weight excluding hydrogens is 264 g/mol. The predicted octanol–water partition coefficient (Wildman–Crippen LogP) is 3.21. The van der Waals surface area contributed by atoms with Gasteiger partial charge >= 0.3 is 5.97 Å². The number of aromatic nitrogens is 1. The van der Waals surface area contributed by atoms with E-state index >= 15 is 0 Å². The normalized spacial score (nSPS) is 22.5. The number of hydrogen-bond donors (Lipinski definition) is 3. The topological polar surface area (TPSA) is 65.1 Å². The first-order valence-electron chi connectivity index (χ1n) is 7.67. The van der Waals surface area contributed by atoms with Gasteiger partial charge in [0.2, 0.25) is 0 Å². The molecule has 1 aliphatic rings. The molecule has 0 bridgehead atoms. The molecule has 1 fully saturated rings. The number of carboxylic acids is 1. The minimum atomic E-state index is -0.648.